The number of amides is 2. The second-order valence-electron chi connectivity index (χ2n) is 6.97. The van der Waals surface area contributed by atoms with E-state index in [1.807, 2.05) is 4.90 Å². The van der Waals surface area contributed by atoms with Crippen LogP contribution in [0.25, 0.3) is 0 Å². The Morgan fingerprint density at radius 2 is 2.26 bits per heavy atom. The maximum atomic E-state index is 12.2. The summed E-state index contributed by atoms with van der Waals surface area (Å²) in [5.74, 6) is 0.360. The fourth-order valence-corrected chi connectivity index (χ4v) is 4.51. The van der Waals surface area contributed by atoms with Crippen molar-refractivity contribution in [3.05, 3.63) is 15.6 Å². The molecule has 23 heavy (non-hydrogen) atoms. The van der Waals surface area contributed by atoms with Crippen LogP contribution in [0.1, 0.15) is 42.3 Å². The SMILES string of the molecule is CC(C)CN1C[C@@H](C(=O)NCCc2nc3c(s2)CCC3)CC1=O. The summed E-state index contributed by atoms with van der Waals surface area (Å²) in [6.45, 7) is 6.10. The molecule has 0 bridgehead atoms. The highest BCUT2D eigenvalue weighted by Gasteiger charge is 2.34. The summed E-state index contributed by atoms with van der Waals surface area (Å²) in [7, 11) is 0. The highest BCUT2D eigenvalue weighted by molar-refractivity contribution is 7.11. The summed E-state index contributed by atoms with van der Waals surface area (Å²) in [5, 5.41) is 4.11. The Morgan fingerprint density at radius 1 is 1.43 bits per heavy atom. The fraction of sp³-hybridized carbons (Fsp3) is 0.706. The Kier molecular flexibility index (Phi) is 4.99. The molecule has 2 aliphatic rings. The van der Waals surface area contributed by atoms with Gasteiger partial charge in [0.05, 0.1) is 16.6 Å². The van der Waals surface area contributed by atoms with Crippen LogP contribution in [0.15, 0.2) is 0 Å². The van der Waals surface area contributed by atoms with Crippen molar-refractivity contribution in [2.45, 2.75) is 46.0 Å². The predicted octanol–water partition coefficient (Wildman–Crippen LogP) is 1.79. The molecule has 6 heteroatoms. The lowest BCUT2D eigenvalue weighted by molar-refractivity contribution is -0.129. The molecular formula is C17H25N3O2S. The highest BCUT2D eigenvalue weighted by Crippen LogP contribution is 2.27. The van der Waals surface area contributed by atoms with Gasteiger partial charge in [0, 0.05) is 37.4 Å². The molecule has 2 heterocycles. The maximum Gasteiger partial charge on any atom is 0.225 e. The van der Waals surface area contributed by atoms with Crippen LogP contribution in [0.5, 0.6) is 0 Å². The molecule has 0 spiro atoms. The molecule has 1 atom stereocenters. The van der Waals surface area contributed by atoms with E-state index in [-0.39, 0.29) is 17.7 Å². The zero-order chi connectivity index (χ0) is 16.4. The van der Waals surface area contributed by atoms with Crippen molar-refractivity contribution >= 4 is 23.2 Å². The molecule has 1 aliphatic heterocycles. The average Bonchev–Trinajstić information content (AvgIpc) is 3.14. The van der Waals surface area contributed by atoms with Crippen molar-refractivity contribution in [1.29, 1.82) is 0 Å². The first-order valence-electron chi connectivity index (χ1n) is 8.56. The van der Waals surface area contributed by atoms with Gasteiger partial charge < -0.3 is 10.2 Å². The normalized spacial score (nSPS) is 20.4. The Morgan fingerprint density at radius 3 is 3.00 bits per heavy atom. The third-order valence-electron chi connectivity index (χ3n) is 4.45. The third-order valence-corrected chi connectivity index (χ3v) is 5.67. The second-order valence-corrected chi connectivity index (χ2v) is 8.13. The molecule has 1 aromatic rings. The standard InChI is InChI=1S/C17H25N3O2S/c1-11(2)9-20-10-12(8-16(20)21)17(22)18-7-6-15-19-13-4-3-5-14(13)23-15/h11-12H,3-10H2,1-2H3,(H,18,22)/t12-/m0/s1. The molecular weight excluding hydrogens is 310 g/mol. The molecule has 126 valence electrons. The summed E-state index contributed by atoms with van der Waals surface area (Å²) in [6, 6.07) is 0. The minimum atomic E-state index is -0.192. The minimum Gasteiger partial charge on any atom is -0.355 e. The number of hydrogen-bond acceptors (Lipinski definition) is 4. The summed E-state index contributed by atoms with van der Waals surface area (Å²) in [6.07, 6.45) is 4.64. The Hall–Kier alpha value is -1.43. The van der Waals surface area contributed by atoms with Crippen LogP contribution in [0.4, 0.5) is 0 Å². The molecule has 1 saturated heterocycles. The predicted molar refractivity (Wildman–Crippen MR) is 90.4 cm³/mol. The number of fused-ring (bicyclic) bond motifs is 1. The molecule has 0 unspecified atom stereocenters. The first-order chi connectivity index (χ1) is 11.0. The molecule has 0 saturated carbocycles. The van der Waals surface area contributed by atoms with Gasteiger partial charge in [-0.2, -0.15) is 0 Å². The van der Waals surface area contributed by atoms with E-state index in [0.29, 0.717) is 25.4 Å². The summed E-state index contributed by atoms with van der Waals surface area (Å²) >= 11 is 1.79. The van der Waals surface area contributed by atoms with Gasteiger partial charge >= 0.3 is 0 Å². The van der Waals surface area contributed by atoms with Gasteiger partial charge in [0.25, 0.3) is 0 Å². The Bertz CT molecular complexity index is 575. The van der Waals surface area contributed by atoms with Crippen molar-refractivity contribution in [3.63, 3.8) is 0 Å². The smallest absolute Gasteiger partial charge is 0.225 e. The topological polar surface area (TPSA) is 62.3 Å². The van der Waals surface area contributed by atoms with Gasteiger partial charge in [0.1, 0.15) is 0 Å². The van der Waals surface area contributed by atoms with Crippen LogP contribution in [-0.4, -0.2) is 41.3 Å². The first kappa shape index (κ1) is 16.4. The van der Waals surface area contributed by atoms with E-state index >= 15 is 0 Å². The van der Waals surface area contributed by atoms with Crippen LogP contribution in [-0.2, 0) is 28.9 Å². The van der Waals surface area contributed by atoms with Gasteiger partial charge in [-0.3, -0.25) is 9.59 Å². The van der Waals surface area contributed by atoms with E-state index in [4.69, 9.17) is 0 Å². The monoisotopic (exact) mass is 335 g/mol. The third kappa shape index (κ3) is 3.91. The van der Waals surface area contributed by atoms with Crippen molar-refractivity contribution in [2.75, 3.05) is 19.6 Å². The van der Waals surface area contributed by atoms with E-state index < -0.39 is 0 Å². The van der Waals surface area contributed by atoms with Gasteiger partial charge in [-0.15, -0.1) is 11.3 Å². The van der Waals surface area contributed by atoms with Crippen LogP contribution in [0.3, 0.4) is 0 Å². The number of hydrogen-bond donors (Lipinski definition) is 1. The van der Waals surface area contributed by atoms with Gasteiger partial charge in [-0.05, 0) is 25.2 Å². The van der Waals surface area contributed by atoms with Crippen molar-refractivity contribution < 1.29 is 9.59 Å². The summed E-state index contributed by atoms with van der Waals surface area (Å²) in [5.41, 5.74) is 1.27. The number of aromatic nitrogens is 1. The van der Waals surface area contributed by atoms with Crippen molar-refractivity contribution in [3.8, 4) is 0 Å². The molecule has 0 aromatic carbocycles. The number of likely N-dealkylation sites (tertiary alicyclic amines) is 1. The van der Waals surface area contributed by atoms with Crippen molar-refractivity contribution in [2.24, 2.45) is 11.8 Å². The average molecular weight is 335 g/mol. The minimum absolute atomic E-state index is 0.00806. The summed E-state index contributed by atoms with van der Waals surface area (Å²) < 4.78 is 0. The number of rotatable bonds is 6. The summed E-state index contributed by atoms with van der Waals surface area (Å²) in [4.78, 5) is 32.1. The van der Waals surface area contributed by atoms with Crippen molar-refractivity contribution in [1.82, 2.24) is 15.2 Å². The van der Waals surface area contributed by atoms with E-state index in [1.54, 1.807) is 11.3 Å². The molecule has 1 fully saturated rings. The second kappa shape index (κ2) is 6.99. The Labute approximate surface area is 141 Å². The zero-order valence-corrected chi connectivity index (χ0v) is 14.7. The lowest BCUT2D eigenvalue weighted by Gasteiger charge is -2.18. The molecule has 1 N–H and O–H groups in total. The van der Waals surface area contributed by atoms with Gasteiger partial charge in [-0.1, -0.05) is 13.8 Å². The number of thiazole rings is 1. The molecule has 0 radical (unpaired) electrons. The maximum absolute atomic E-state index is 12.2. The van der Waals surface area contributed by atoms with E-state index in [0.717, 1.165) is 30.8 Å². The number of carbonyl (C=O) groups is 2. The van der Waals surface area contributed by atoms with E-state index in [1.165, 1.54) is 17.0 Å². The van der Waals surface area contributed by atoms with Gasteiger partial charge in [0.2, 0.25) is 11.8 Å². The van der Waals surface area contributed by atoms with Crippen LogP contribution in [0.2, 0.25) is 0 Å². The zero-order valence-electron chi connectivity index (χ0n) is 13.9. The molecule has 1 aromatic heterocycles. The number of nitrogens with one attached hydrogen (secondary N) is 1. The van der Waals surface area contributed by atoms with Crippen LogP contribution >= 0.6 is 11.3 Å². The Balaban J connectivity index is 1.43. The van der Waals surface area contributed by atoms with Crippen LogP contribution in [0, 0.1) is 11.8 Å². The van der Waals surface area contributed by atoms with E-state index in [2.05, 4.69) is 24.1 Å². The highest BCUT2D eigenvalue weighted by atomic mass is 32.1. The number of nitrogens with zero attached hydrogens (tertiary/aromatic N) is 2. The number of aryl methyl sites for hydroxylation is 2. The molecule has 1 aliphatic carbocycles. The molecule has 5 nitrogen and oxygen atoms in total. The fourth-order valence-electron chi connectivity index (χ4n) is 3.35. The van der Waals surface area contributed by atoms with Gasteiger partial charge in [0.15, 0.2) is 0 Å². The largest absolute Gasteiger partial charge is 0.355 e. The lowest BCUT2D eigenvalue weighted by atomic mass is 10.1. The number of carbonyl (C=O) groups excluding carboxylic acids is 2. The first-order valence-corrected chi connectivity index (χ1v) is 9.37. The molecule has 3 rings (SSSR count). The van der Waals surface area contributed by atoms with Gasteiger partial charge in [-0.25, -0.2) is 4.98 Å². The van der Waals surface area contributed by atoms with E-state index in [9.17, 15) is 9.59 Å². The quantitative estimate of drug-likeness (QED) is 0.862. The van der Waals surface area contributed by atoms with Crippen LogP contribution < -0.4 is 5.32 Å². The lowest BCUT2D eigenvalue weighted by Crippen LogP contribution is -2.35. The molecule has 2 amide bonds.